The van der Waals surface area contributed by atoms with E-state index in [2.05, 4.69) is 36.5 Å². The summed E-state index contributed by atoms with van der Waals surface area (Å²) in [6.07, 6.45) is 3.85. The van der Waals surface area contributed by atoms with Gasteiger partial charge in [0.1, 0.15) is 11.6 Å². The third-order valence-electron chi connectivity index (χ3n) is 6.69. The molecule has 0 N–H and O–H groups in total. The Morgan fingerprint density at radius 1 is 1.27 bits per heavy atom. The van der Waals surface area contributed by atoms with Crippen LogP contribution in [0.5, 0.6) is 5.75 Å². The van der Waals surface area contributed by atoms with Crippen molar-refractivity contribution < 1.29 is 14.3 Å². The van der Waals surface area contributed by atoms with Crippen LogP contribution in [-0.2, 0) is 17.7 Å². The predicted octanol–water partition coefficient (Wildman–Crippen LogP) is 3.71. The second-order valence-corrected chi connectivity index (χ2v) is 9.61. The first kappa shape index (κ1) is 22.4. The Morgan fingerprint density at radius 2 is 2.09 bits per heavy atom. The maximum absolute atomic E-state index is 13.7. The summed E-state index contributed by atoms with van der Waals surface area (Å²) in [5.41, 5.74) is 1.76. The Morgan fingerprint density at radius 3 is 2.82 bits per heavy atom. The Hall–Kier alpha value is -2.39. The molecule has 8 nitrogen and oxygen atoms in total. The molecule has 1 aromatic heterocycles. The first-order valence-electron chi connectivity index (χ1n) is 11.7. The fourth-order valence-electron chi connectivity index (χ4n) is 4.94. The Bertz CT molecular complexity index is 1080. The molecule has 0 radical (unpaired) electrons. The standard InChI is InChI=1S/C24H30BrN5O3/c1-3-28-23(31)21-22(29-10-4-9-26-24(28)29)27-20(14-16-7-11-33-12-8-16)30(21)15-17-5-6-19(32-2)18(25)13-17/h5-6,13,16H,3-4,7-12,14-15H2,1-2H3. The molecular weight excluding hydrogens is 486 g/mol. The molecule has 2 aromatic rings. The van der Waals surface area contributed by atoms with Crippen molar-refractivity contribution >= 4 is 33.6 Å². The molecule has 3 aliphatic heterocycles. The number of carbonyl (C=O) groups excluding carboxylic acids is 1. The first-order valence-corrected chi connectivity index (χ1v) is 12.5. The van der Waals surface area contributed by atoms with Crippen LogP contribution in [0.4, 0.5) is 5.82 Å². The van der Waals surface area contributed by atoms with Crippen molar-refractivity contribution in [3.05, 3.63) is 39.8 Å². The van der Waals surface area contributed by atoms with E-state index in [4.69, 9.17) is 14.5 Å². The van der Waals surface area contributed by atoms with Crippen LogP contribution in [-0.4, -0.2) is 66.3 Å². The number of benzene rings is 1. The lowest BCUT2D eigenvalue weighted by molar-refractivity contribution is 0.0656. The molecule has 9 heteroatoms. The molecule has 1 saturated heterocycles. The van der Waals surface area contributed by atoms with E-state index >= 15 is 0 Å². The number of aromatic nitrogens is 2. The molecule has 0 spiro atoms. The number of hydrogen-bond donors (Lipinski definition) is 0. The van der Waals surface area contributed by atoms with Gasteiger partial charge in [-0.2, -0.15) is 0 Å². The SMILES string of the molecule is CCN1C(=O)c2c(nc(CC3CCOCC3)n2Cc2ccc(OC)c(Br)c2)N2CCCN=C12. The topological polar surface area (TPSA) is 72.2 Å². The number of nitrogens with zero attached hydrogens (tertiary/aromatic N) is 5. The van der Waals surface area contributed by atoms with E-state index in [0.717, 1.165) is 85.4 Å². The third-order valence-corrected chi connectivity index (χ3v) is 7.31. The number of imidazole rings is 1. The Labute approximate surface area is 202 Å². The molecule has 0 atom stereocenters. The summed E-state index contributed by atoms with van der Waals surface area (Å²) in [6, 6.07) is 6.06. The summed E-state index contributed by atoms with van der Waals surface area (Å²) in [6.45, 7) is 6.33. The van der Waals surface area contributed by atoms with Crippen molar-refractivity contribution in [1.29, 1.82) is 0 Å². The lowest BCUT2D eigenvalue weighted by Crippen LogP contribution is -2.54. The Kier molecular flexibility index (Phi) is 6.42. The quantitative estimate of drug-likeness (QED) is 0.586. The van der Waals surface area contributed by atoms with Crippen molar-refractivity contribution in [1.82, 2.24) is 14.5 Å². The van der Waals surface area contributed by atoms with Crippen LogP contribution < -0.4 is 9.64 Å². The van der Waals surface area contributed by atoms with Gasteiger partial charge >= 0.3 is 0 Å². The molecule has 33 heavy (non-hydrogen) atoms. The van der Waals surface area contributed by atoms with E-state index in [1.165, 1.54) is 0 Å². The number of guanidine groups is 1. The lowest BCUT2D eigenvalue weighted by Gasteiger charge is -2.38. The molecule has 1 fully saturated rings. The van der Waals surface area contributed by atoms with Crippen molar-refractivity contribution in [3.8, 4) is 5.75 Å². The van der Waals surface area contributed by atoms with Crippen LogP contribution >= 0.6 is 15.9 Å². The van der Waals surface area contributed by atoms with E-state index in [1.54, 1.807) is 12.0 Å². The third kappa shape index (κ3) is 4.17. The Balaban J connectivity index is 1.59. The summed E-state index contributed by atoms with van der Waals surface area (Å²) in [4.78, 5) is 27.4. The van der Waals surface area contributed by atoms with Crippen LogP contribution in [0, 0.1) is 5.92 Å². The van der Waals surface area contributed by atoms with E-state index in [0.29, 0.717) is 24.7 Å². The van der Waals surface area contributed by atoms with E-state index in [-0.39, 0.29) is 5.91 Å². The summed E-state index contributed by atoms with van der Waals surface area (Å²) in [5.74, 6) is 3.76. The van der Waals surface area contributed by atoms with Crippen molar-refractivity contribution in [2.24, 2.45) is 10.9 Å². The maximum Gasteiger partial charge on any atom is 0.281 e. The van der Waals surface area contributed by atoms with Gasteiger partial charge in [-0.25, -0.2) is 4.98 Å². The van der Waals surface area contributed by atoms with Gasteiger partial charge in [-0.3, -0.25) is 19.6 Å². The fraction of sp³-hybridized carbons (Fsp3) is 0.542. The lowest BCUT2D eigenvalue weighted by atomic mass is 9.96. The number of carbonyl (C=O) groups is 1. The maximum atomic E-state index is 13.7. The average molecular weight is 516 g/mol. The molecule has 1 aromatic carbocycles. The minimum absolute atomic E-state index is 0.0114. The smallest absolute Gasteiger partial charge is 0.281 e. The number of aliphatic imine (C=N–C) groups is 1. The first-order chi connectivity index (χ1) is 16.1. The van der Waals surface area contributed by atoms with Crippen LogP contribution in [0.2, 0.25) is 0 Å². The highest BCUT2D eigenvalue weighted by molar-refractivity contribution is 9.10. The van der Waals surface area contributed by atoms with Crippen LogP contribution in [0.25, 0.3) is 0 Å². The van der Waals surface area contributed by atoms with Gasteiger partial charge in [0, 0.05) is 45.8 Å². The van der Waals surface area contributed by atoms with E-state index in [9.17, 15) is 4.79 Å². The second-order valence-electron chi connectivity index (χ2n) is 8.75. The number of rotatable bonds is 6. The summed E-state index contributed by atoms with van der Waals surface area (Å²) >= 11 is 3.60. The second kappa shape index (κ2) is 9.46. The number of anilines is 1. The average Bonchev–Trinajstić information content (AvgIpc) is 3.18. The number of amides is 1. The van der Waals surface area contributed by atoms with Gasteiger partial charge in [-0.15, -0.1) is 0 Å². The normalized spacial score (nSPS) is 18.8. The predicted molar refractivity (Wildman–Crippen MR) is 130 cm³/mol. The molecule has 176 valence electrons. The van der Waals surface area contributed by atoms with Gasteiger partial charge in [0.05, 0.1) is 11.6 Å². The largest absolute Gasteiger partial charge is 0.496 e. The number of fused-ring (bicyclic) bond motifs is 3. The van der Waals surface area contributed by atoms with Gasteiger partial charge in [-0.1, -0.05) is 6.07 Å². The zero-order valence-electron chi connectivity index (χ0n) is 19.2. The fourth-order valence-corrected chi connectivity index (χ4v) is 5.53. The highest BCUT2D eigenvalue weighted by Gasteiger charge is 2.40. The highest BCUT2D eigenvalue weighted by atomic mass is 79.9. The van der Waals surface area contributed by atoms with E-state index in [1.807, 2.05) is 19.1 Å². The molecule has 0 unspecified atom stereocenters. The molecule has 0 saturated carbocycles. The number of halogens is 1. The van der Waals surface area contributed by atoms with Gasteiger partial charge < -0.3 is 14.0 Å². The monoisotopic (exact) mass is 515 g/mol. The minimum Gasteiger partial charge on any atom is -0.496 e. The molecular formula is C24H30BrN5O3. The molecule has 1 amide bonds. The molecule has 5 rings (SSSR count). The summed E-state index contributed by atoms with van der Waals surface area (Å²) in [7, 11) is 1.66. The van der Waals surface area contributed by atoms with Crippen LogP contribution in [0.1, 0.15) is 48.1 Å². The molecule has 4 heterocycles. The van der Waals surface area contributed by atoms with Gasteiger partial charge in [0.15, 0.2) is 11.5 Å². The van der Waals surface area contributed by atoms with Crippen molar-refractivity contribution in [2.45, 2.75) is 39.2 Å². The van der Waals surface area contributed by atoms with E-state index < -0.39 is 0 Å². The van der Waals surface area contributed by atoms with Gasteiger partial charge in [0.2, 0.25) is 5.96 Å². The van der Waals surface area contributed by atoms with Crippen LogP contribution in [0.15, 0.2) is 27.7 Å². The number of methoxy groups -OCH3 is 1. The summed E-state index contributed by atoms with van der Waals surface area (Å²) in [5, 5.41) is 0. The van der Waals surface area contributed by atoms with Gasteiger partial charge in [-0.05, 0) is 65.7 Å². The minimum atomic E-state index is -0.0114. The molecule has 0 aliphatic carbocycles. The van der Waals surface area contributed by atoms with Gasteiger partial charge in [0.25, 0.3) is 5.91 Å². The zero-order chi connectivity index (χ0) is 22.9. The number of hydrogen-bond acceptors (Lipinski definition) is 6. The molecule has 0 bridgehead atoms. The zero-order valence-corrected chi connectivity index (χ0v) is 20.8. The number of ether oxygens (including phenoxy) is 2. The highest BCUT2D eigenvalue weighted by Crippen LogP contribution is 2.34. The van der Waals surface area contributed by atoms with Crippen molar-refractivity contribution in [2.75, 3.05) is 44.9 Å². The molecule has 3 aliphatic rings. The van der Waals surface area contributed by atoms with Crippen LogP contribution in [0.3, 0.4) is 0 Å². The van der Waals surface area contributed by atoms with Crippen molar-refractivity contribution in [3.63, 3.8) is 0 Å². The summed E-state index contributed by atoms with van der Waals surface area (Å²) < 4.78 is 14.0.